The van der Waals surface area contributed by atoms with Gasteiger partial charge in [0.15, 0.2) is 17.5 Å². The lowest BCUT2D eigenvalue weighted by atomic mass is 10.2. The van der Waals surface area contributed by atoms with Crippen molar-refractivity contribution in [3.8, 4) is 0 Å². The number of hydrogen-bond donors (Lipinski definition) is 2. The zero-order valence-corrected chi connectivity index (χ0v) is 11.2. The highest BCUT2D eigenvalue weighted by Gasteiger charge is 2.13. The van der Waals surface area contributed by atoms with Crippen LogP contribution in [-0.4, -0.2) is 9.97 Å². The highest BCUT2D eigenvalue weighted by Crippen LogP contribution is 2.23. The Hall–Kier alpha value is -2.15. The molecule has 3 nitrogen and oxygen atoms in total. The number of nitrogens with zero attached hydrogens (tertiary/aromatic N) is 1. The summed E-state index contributed by atoms with van der Waals surface area (Å²) in [6.45, 7) is 1.74. The number of pyridine rings is 1. The first-order valence-corrected chi connectivity index (χ1v) is 5.98. The summed E-state index contributed by atoms with van der Waals surface area (Å²) in [6, 6.07) is 4.99. The van der Waals surface area contributed by atoms with Crippen molar-refractivity contribution in [1.29, 1.82) is 0 Å². The van der Waals surface area contributed by atoms with E-state index in [2.05, 4.69) is 10.3 Å². The summed E-state index contributed by atoms with van der Waals surface area (Å²) in [4.78, 5) is 4.24. The Balaban J connectivity index is 2.44. The maximum absolute atomic E-state index is 13.2. The van der Waals surface area contributed by atoms with Gasteiger partial charge in [0, 0.05) is 23.5 Å². The molecule has 0 atom stereocenters. The van der Waals surface area contributed by atoms with E-state index in [1.165, 1.54) is 0 Å². The molecule has 2 rings (SSSR count). The van der Waals surface area contributed by atoms with Crippen LogP contribution in [0, 0.1) is 24.4 Å². The van der Waals surface area contributed by atoms with Gasteiger partial charge in [0.2, 0.25) is 0 Å². The summed E-state index contributed by atoms with van der Waals surface area (Å²) in [5.41, 5.74) is 6.65. The molecule has 0 fully saturated rings. The number of rotatable bonds is 3. The number of nitrogens with two attached hydrogens (primary N) is 1. The van der Waals surface area contributed by atoms with E-state index in [9.17, 15) is 13.2 Å². The van der Waals surface area contributed by atoms with Crippen LogP contribution in [0.5, 0.6) is 0 Å². The molecule has 0 unspecified atom stereocenters. The van der Waals surface area contributed by atoms with E-state index in [4.69, 9.17) is 18.0 Å². The van der Waals surface area contributed by atoms with E-state index in [1.54, 1.807) is 19.1 Å². The van der Waals surface area contributed by atoms with Gasteiger partial charge in [0.25, 0.3) is 0 Å². The summed E-state index contributed by atoms with van der Waals surface area (Å²) in [7, 11) is 0. The van der Waals surface area contributed by atoms with Crippen molar-refractivity contribution < 1.29 is 13.2 Å². The van der Waals surface area contributed by atoms with E-state index in [-0.39, 0.29) is 16.5 Å². The third-order valence-corrected chi connectivity index (χ3v) is 2.77. The third kappa shape index (κ3) is 2.88. The fourth-order valence-electron chi connectivity index (χ4n) is 1.62. The van der Waals surface area contributed by atoms with Crippen LogP contribution in [0.25, 0.3) is 0 Å². The van der Waals surface area contributed by atoms with E-state index in [0.717, 1.165) is 12.1 Å². The first-order valence-electron chi connectivity index (χ1n) is 5.57. The van der Waals surface area contributed by atoms with Gasteiger partial charge in [-0.1, -0.05) is 12.2 Å². The van der Waals surface area contributed by atoms with Crippen molar-refractivity contribution in [2.45, 2.75) is 6.92 Å². The van der Waals surface area contributed by atoms with Crippen molar-refractivity contribution in [1.82, 2.24) is 4.98 Å². The Morgan fingerprint density at radius 3 is 2.35 bits per heavy atom. The number of halogens is 3. The molecule has 3 N–H and O–H groups in total. The summed E-state index contributed by atoms with van der Waals surface area (Å²) in [6.07, 6.45) is 0. The molecule has 0 aliphatic carbocycles. The largest absolute Gasteiger partial charge is 0.389 e. The van der Waals surface area contributed by atoms with Gasteiger partial charge in [-0.2, -0.15) is 0 Å². The fraction of sp³-hybridized carbons (Fsp3) is 0.0769. The predicted octanol–water partition coefficient (Wildman–Crippen LogP) is 3.19. The third-order valence-electron chi connectivity index (χ3n) is 2.55. The highest BCUT2D eigenvalue weighted by atomic mass is 32.1. The molecular weight excluding hydrogens is 287 g/mol. The molecule has 0 saturated heterocycles. The first kappa shape index (κ1) is 14.3. The molecule has 2 aromatic rings. The lowest BCUT2D eigenvalue weighted by Gasteiger charge is -2.11. The van der Waals surface area contributed by atoms with Crippen molar-refractivity contribution in [3.05, 3.63) is 53.0 Å². The molecule has 0 spiro atoms. The SMILES string of the molecule is Cc1ccc(C(N)=S)c(Nc2cc(F)c(F)c(F)c2)n1. The Labute approximate surface area is 118 Å². The molecule has 1 aromatic heterocycles. The standard InChI is InChI=1S/C13H10F3N3S/c1-6-2-3-8(12(17)20)13(18-6)19-7-4-9(14)11(16)10(15)5-7/h2-5H,1H3,(H2,17,20)(H,18,19). The van der Waals surface area contributed by atoms with Crippen LogP contribution in [0.15, 0.2) is 24.3 Å². The van der Waals surface area contributed by atoms with Gasteiger partial charge in [0.05, 0.1) is 5.56 Å². The van der Waals surface area contributed by atoms with Crippen molar-refractivity contribution in [2.24, 2.45) is 5.73 Å². The number of hydrogen-bond acceptors (Lipinski definition) is 3. The van der Waals surface area contributed by atoms with Crippen LogP contribution < -0.4 is 11.1 Å². The minimum absolute atomic E-state index is 0.0111. The van der Waals surface area contributed by atoms with Gasteiger partial charge >= 0.3 is 0 Å². The topological polar surface area (TPSA) is 50.9 Å². The molecule has 1 aromatic carbocycles. The predicted molar refractivity (Wildman–Crippen MR) is 74.5 cm³/mol. The van der Waals surface area contributed by atoms with Gasteiger partial charge in [-0.05, 0) is 19.1 Å². The van der Waals surface area contributed by atoms with Crippen LogP contribution in [0.3, 0.4) is 0 Å². The first-order chi connectivity index (χ1) is 9.38. The maximum Gasteiger partial charge on any atom is 0.194 e. The molecule has 7 heteroatoms. The second kappa shape index (κ2) is 5.46. The van der Waals surface area contributed by atoms with E-state index in [0.29, 0.717) is 11.3 Å². The highest BCUT2D eigenvalue weighted by molar-refractivity contribution is 7.80. The minimum atomic E-state index is -1.53. The quantitative estimate of drug-likeness (QED) is 0.675. The average Bonchev–Trinajstić information content (AvgIpc) is 2.35. The lowest BCUT2D eigenvalue weighted by molar-refractivity contribution is 0.448. The van der Waals surface area contributed by atoms with Gasteiger partial charge in [-0.3, -0.25) is 0 Å². The summed E-state index contributed by atoms with van der Waals surface area (Å²) in [5.74, 6) is -3.86. The molecule has 0 amide bonds. The Bertz CT molecular complexity index is 666. The molecule has 0 radical (unpaired) electrons. The Kier molecular flexibility index (Phi) is 3.89. The number of aromatic nitrogens is 1. The zero-order chi connectivity index (χ0) is 14.9. The Morgan fingerprint density at radius 1 is 1.20 bits per heavy atom. The van der Waals surface area contributed by atoms with Gasteiger partial charge in [0.1, 0.15) is 10.8 Å². The number of nitrogens with one attached hydrogen (secondary N) is 1. The number of benzene rings is 1. The van der Waals surface area contributed by atoms with Crippen molar-refractivity contribution in [2.75, 3.05) is 5.32 Å². The zero-order valence-electron chi connectivity index (χ0n) is 10.4. The fourth-order valence-corrected chi connectivity index (χ4v) is 1.78. The van der Waals surface area contributed by atoms with Crippen molar-refractivity contribution >= 4 is 28.7 Å². The Morgan fingerprint density at radius 2 is 1.80 bits per heavy atom. The molecule has 104 valence electrons. The maximum atomic E-state index is 13.2. The van der Waals surface area contributed by atoms with Gasteiger partial charge < -0.3 is 11.1 Å². The van der Waals surface area contributed by atoms with E-state index in [1.807, 2.05) is 0 Å². The van der Waals surface area contributed by atoms with E-state index >= 15 is 0 Å². The summed E-state index contributed by atoms with van der Waals surface area (Å²) in [5, 5.41) is 2.68. The van der Waals surface area contributed by atoms with Gasteiger partial charge in [-0.25, -0.2) is 18.2 Å². The monoisotopic (exact) mass is 297 g/mol. The second-order valence-electron chi connectivity index (χ2n) is 4.09. The summed E-state index contributed by atoms with van der Waals surface area (Å²) >= 11 is 4.87. The van der Waals surface area contributed by atoms with Crippen LogP contribution in [0.1, 0.15) is 11.3 Å². The molecule has 0 aliphatic heterocycles. The summed E-state index contributed by atoms with van der Waals surface area (Å²) < 4.78 is 39.2. The normalized spacial score (nSPS) is 10.4. The van der Waals surface area contributed by atoms with Gasteiger partial charge in [-0.15, -0.1) is 0 Å². The number of anilines is 2. The molecule has 20 heavy (non-hydrogen) atoms. The molecule has 0 aliphatic rings. The van der Waals surface area contributed by atoms with Crippen LogP contribution in [-0.2, 0) is 0 Å². The molecule has 0 saturated carbocycles. The van der Waals surface area contributed by atoms with E-state index < -0.39 is 17.5 Å². The van der Waals surface area contributed by atoms with Crippen LogP contribution in [0.4, 0.5) is 24.7 Å². The number of thiocarbonyl (C=S) groups is 1. The second-order valence-corrected chi connectivity index (χ2v) is 4.53. The van der Waals surface area contributed by atoms with Crippen molar-refractivity contribution in [3.63, 3.8) is 0 Å². The number of aryl methyl sites for hydroxylation is 1. The minimum Gasteiger partial charge on any atom is -0.389 e. The smallest absolute Gasteiger partial charge is 0.194 e. The molecule has 1 heterocycles. The molecule has 0 bridgehead atoms. The average molecular weight is 297 g/mol. The van der Waals surface area contributed by atoms with Crippen LogP contribution in [0.2, 0.25) is 0 Å². The van der Waals surface area contributed by atoms with Crippen LogP contribution >= 0.6 is 12.2 Å². The molecular formula is C13H10F3N3S. The lowest BCUT2D eigenvalue weighted by Crippen LogP contribution is -2.13.